The molecule has 0 bridgehead atoms. The van der Waals surface area contributed by atoms with Crippen molar-refractivity contribution in [2.24, 2.45) is 0 Å². The van der Waals surface area contributed by atoms with Crippen LogP contribution in [0.15, 0.2) is 33.9 Å². The van der Waals surface area contributed by atoms with E-state index in [4.69, 9.17) is 9.47 Å². The molecule has 0 fully saturated rings. The molecular formula is C24H31F3N3O6-. The van der Waals surface area contributed by atoms with Gasteiger partial charge in [0, 0.05) is 19.5 Å². The fourth-order valence-corrected chi connectivity index (χ4v) is 3.28. The number of hydrogen-bond donors (Lipinski definition) is 0. The lowest BCUT2D eigenvalue weighted by molar-refractivity contribution is -0.320. The first-order valence-electron chi connectivity index (χ1n) is 11.7. The van der Waals surface area contributed by atoms with Crippen molar-refractivity contribution in [1.29, 1.82) is 0 Å². The van der Waals surface area contributed by atoms with Crippen molar-refractivity contribution in [1.82, 2.24) is 14.3 Å². The van der Waals surface area contributed by atoms with Gasteiger partial charge in [0.05, 0.1) is 12.6 Å². The summed E-state index contributed by atoms with van der Waals surface area (Å²) in [5.74, 6) is -1.23. The highest BCUT2D eigenvalue weighted by Gasteiger charge is 2.26. The van der Waals surface area contributed by atoms with Gasteiger partial charge in [-0.3, -0.25) is 9.36 Å². The third kappa shape index (κ3) is 8.72. The Labute approximate surface area is 206 Å². The molecule has 36 heavy (non-hydrogen) atoms. The average Bonchev–Trinajstić information content (AvgIpc) is 2.79. The molecule has 1 aromatic heterocycles. The van der Waals surface area contributed by atoms with Crippen LogP contribution in [0.3, 0.4) is 0 Å². The van der Waals surface area contributed by atoms with Crippen LogP contribution in [0.25, 0.3) is 0 Å². The summed E-state index contributed by atoms with van der Waals surface area (Å²) >= 11 is 0. The van der Waals surface area contributed by atoms with Gasteiger partial charge in [0.2, 0.25) is 0 Å². The predicted molar refractivity (Wildman–Crippen MR) is 123 cm³/mol. The Morgan fingerprint density at radius 2 is 1.72 bits per heavy atom. The van der Waals surface area contributed by atoms with E-state index in [2.05, 4.69) is 5.10 Å². The Kier molecular flexibility index (Phi) is 10.1. The summed E-state index contributed by atoms with van der Waals surface area (Å²) in [6.45, 7) is 4.56. The second kappa shape index (κ2) is 12.6. The lowest BCUT2D eigenvalue weighted by Crippen LogP contribution is -2.47. The molecule has 1 heterocycles. The quantitative estimate of drug-likeness (QED) is 0.356. The Hall–Kier alpha value is -3.31. The number of carboxylic acid groups (broad SMARTS) is 1. The molecule has 9 nitrogen and oxygen atoms in total. The first kappa shape index (κ1) is 28.9. The summed E-state index contributed by atoms with van der Waals surface area (Å²) in [7, 11) is 0. The summed E-state index contributed by atoms with van der Waals surface area (Å²) in [5.41, 5.74) is -2.07. The molecule has 200 valence electrons. The minimum Gasteiger partial charge on any atom is -0.546 e. The van der Waals surface area contributed by atoms with E-state index in [0.717, 1.165) is 14.8 Å². The molecule has 0 amide bonds. The monoisotopic (exact) mass is 514 g/mol. The number of carboxylic acids is 1. The standard InChI is InChI=1S/C24H32F3N3O6/c1-4-14-30-22(34)29(15-7-13-24(25,26)27)20(31)19(28-30)35-16-6-5-8-17-9-11-18(12-10-17)36-23(2,3)21(32)33/h9-12H,4-8,13-16H2,1-3H3,(H,32,33)/p-1. The minimum atomic E-state index is -4.38. The van der Waals surface area contributed by atoms with Crippen LogP contribution in [-0.2, 0) is 24.3 Å². The van der Waals surface area contributed by atoms with Gasteiger partial charge in [-0.2, -0.15) is 13.2 Å². The van der Waals surface area contributed by atoms with Crippen molar-refractivity contribution in [3.63, 3.8) is 0 Å². The Bertz CT molecular complexity index is 1120. The SMILES string of the molecule is CCCn1nc(OCCCCc2ccc(OC(C)(C)C(=O)[O-])cc2)c(=O)n(CCCC(F)(F)F)c1=O. The number of nitrogens with zero attached hydrogens (tertiary/aromatic N) is 3. The molecule has 0 aliphatic rings. The zero-order chi connectivity index (χ0) is 26.9. The molecule has 0 N–H and O–H groups in total. The Morgan fingerprint density at radius 3 is 2.31 bits per heavy atom. The maximum atomic E-state index is 12.6. The van der Waals surface area contributed by atoms with Crippen molar-refractivity contribution in [2.45, 2.75) is 84.2 Å². The normalized spacial score (nSPS) is 11.9. The van der Waals surface area contributed by atoms with Gasteiger partial charge in [-0.15, -0.1) is 5.10 Å². The number of aryl methyl sites for hydroxylation is 2. The zero-order valence-corrected chi connectivity index (χ0v) is 20.6. The van der Waals surface area contributed by atoms with Crippen molar-refractivity contribution >= 4 is 5.97 Å². The molecule has 2 rings (SSSR count). The van der Waals surface area contributed by atoms with Gasteiger partial charge in [-0.25, -0.2) is 9.48 Å². The molecule has 0 aliphatic heterocycles. The summed E-state index contributed by atoms with van der Waals surface area (Å²) in [5, 5.41) is 15.0. The third-order valence-corrected chi connectivity index (χ3v) is 5.26. The minimum absolute atomic E-state index is 0.135. The molecule has 12 heteroatoms. The number of rotatable bonds is 14. The summed E-state index contributed by atoms with van der Waals surface area (Å²) in [6.07, 6.45) is -3.41. The number of aliphatic carboxylic acids is 1. The van der Waals surface area contributed by atoms with Gasteiger partial charge < -0.3 is 19.4 Å². The summed E-state index contributed by atoms with van der Waals surface area (Å²) in [4.78, 5) is 36.1. The molecule has 0 saturated carbocycles. The van der Waals surface area contributed by atoms with Crippen LogP contribution in [0, 0.1) is 0 Å². The maximum Gasteiger partial charge on any atom is 0.389 e. The second-order valence-electron chi connectivity index (χ2n) is 8.84. The van der Waals surface area contributed by atoms with E-state index < -0.39 is 41.8 Å². The van der Waals surface area contributed by atoms with E-state index in [1.54, 1.807) is 19.1 Å². The maximum absolute atomic E-state index is 12.6. The van der Waals surface area contributed by atoms with Crippen LogP contribution in [0.4, 0.5) is 13.2 Å². The van der Waals surface area contributed by atoms with Crippen molar-refractivity contribution in [3.05, 3.63) is 50.7 Å². The molecule has 0 aliphatic carbocycles. The number of ether oxygens (including phenoxy) is 2. The lowest BCUT2D eigenvalue weighted by Gasteiger charge is -2.27. The second-order valence-corrected chi connectivity index (χ2v) is 8.84. The molecule has 0 radical (unpaired) electrons. The fraction of sp³-hybridized carbons (Fsp3) is 0.583. The summed E-state index contributed by atoms with van der Waals surface area (Å²) in [6, 6.07) is 6.95. The number of carbonyl (C=O) groups excluding carboxylic acids is 1. The molecule has 0 saturated heterocycles. The Morgan fingerprint density at radius 1 is 1.06 bits per heavy atom. The predicted octanol–water partition coefficient (Wildman–Crippen LogP) is 2.47. The smallest absolute Gasteiger partial charge is 0.389 e. The van der Waals surface area contributed by atoms with E-state index in [0.29, 0.717) is 31.4 Å². The van der Waals surface area contributed by atoms with Gasteiger partial charge in [0.1, 0.15) is 11.4 Å². The van der Waals surface area contributed by atoms with Crippen molar-refractivity contribution in [3.8, 4) is 11.6 Å². The van der Waals surface area contributed by atoms with E-state index in [9.17, 15) is 32.7 Å². The van der Waals surface area contributed by atoms with Gasteiger partial charge in [0.15, 0.2) is 0 Å². The number of carbonyl (C=O) groups is 1. The van der Waals surface area contributed by atoms with E-state index in [-0.39, 0.29) is 25.6 Å². The van der Waals surface area contributed by atoms with Crippen molar-refractivity contribution < 1.29 is 32.5 Å². The van der Waals surface area contributed by atoms with E-state index in [1.807, 2.05) is 12.1 Å². The molecule has 0 spiro atoms. The first-order chi connectivity index (χ1) is 16.8. The fourth-order valence-electron chi connectivity index (χ4n) is 3.28. The van der Waals surface area contributed by atoms with Crippen LogP contribution in [0.1, 0.15) is 58.4 Å². The lowest BCUT2D eigenvalue weighted by atomic mass is 10.1. The molecular weight excluding hydrogens is 483 g/mol. The number of hydrogen-bond acceptors (Lipinski definition) is 7. The molecule has 0 unspecified atom stereocenters. The largest absolute Gasteiger partial charge is 0.546 e. The molecule has 0 atom stereocenters. The van der Waals surface area contributed by atoms with Crippen LogP contribution in [0.5, 0.6) is 11.6 Å². The molecule has 1 aromatic carbocycles. The van der Waals surface area contributed by atoms with Crippen LogP contribution in [0.2, 0.25) is 0 Å². The number of benzene rings is 1. The highest BCUT2D eigenvalue weighted by atomic mass is 19.4. The van der Waals surface area contributed by atoms with E-state index in [1.165, 1.54) is 13.8 Å². The van der Waals surface area contributed by atoms with Gasteiger partial charge in [-0.1, -0.05) is 19.1 Å². The summed E-state index contributed by atoms with van der Waals surface area (Å²) < 4.78 is 50.1. The van der Waals surface area contributed by atoms with E-state index >= 15 is 0 Å². The van der Waals surface area contributed by atoms with Gasteiger partial charge in [0.25, 0.3) is 5.88 Å². The van der Waals surface area contributed by atoms with Crippen LogP contribution < -0.4 is 25.8 Å². The number of alkyl halides is 3. The number of aromatic nitrogens is 3. The Balaban J connectivity index is 1.93. The van der Waals surface area contributed by atoms with Crippen LogP contribution in [-0.4, -0.2) is 38.7 Å². The third-order valence-electron chi connectivity index (χ3n) is 5.26. The van der Waals surface area contributed by atoms with Crippen LogP contribution >= 0.6 is 0 Å². The highest BCUT2D eigenvalue weighted by Crippen LogP contribution is 2.21. The topological polar surface area (TPSA) is 115 Å². The van der Waals surface area contributed by atoms with Gasteiger partial charge >= 0.3 is 17.4 Å². The van der Waals surface area contributed by atoms with Gasteiger partial charge in [-0.05, 0) is 63.6 Å². The number of unbranched alkanes of at least 4 members (excludes halogenated alkanes) is 1. The number of halogens is 3. The zero-order valence-electron chi connectivity index (χ0n) is 20.6. The van der Waals surface area contributed by atoms with Crippen molar-refractivity contribution in [2.75, 3.05) is 6.61 Å². The highest BCUT2D eigenvalue weighted by molar-refractivity contribution is 5.74. The average molecular weight is 515 g/mol. The first-order valence-corrected chi connectivity index (χ1v) is 11.7. The molecule has 2 aromatic rings.